The lowest BCUT2D eigenvalue weighted by Crippen LogP contribution is -2.62. The van der Waals surface area contributed by atoms with Crippen LogP contribution in [0.25, 0.3) is 53.6 Å². The van der Waals surface area contributed by atoms with E-state index in [1.54, 1.807) is 0 Å². The van der Waals surface area contributed by atoms with E-state index in [0.29, 0.717) is 0 Å². The number of nitrogens with zero attached hydrogens (tertiary/aromatic N) is 2. The number of hydrogen-bond donors (Lipinski definition) is 0. The van der Waals surface area contributed by atoms with Gasteiger partial charge in [-0.3, -0.25) is 0 Å². The van der Waals surface area contributed by atoms with Gasteiger partial charge in [-0.25, -0.2) is 0 Å². The fourth-order valence-electron chi connectivity index (χ4n) is 11.7. The van der Waals surface area contributed by atoms with Crippen LogP contribution in [0.3, 0.4) is 0 Å². The zero-order chi connectivity index (χ0) is 46.5. The van der Waals surface area contributed by atoms with Gasteiger partial charge in [-0.1, -0.05) is 179 Å². The van der Waals surface area contributed by atoms with E-state index in [1.807, 2.05) is 11.3 Å². The first kappa shape index (κ1) is 42.0. The molecule has 0 radical (unpaired) electrons. The van der Waals surface area contributed by atoms with Crippen molar-refractivity contribution in [1.82, 2.24) is 0 Å². The fraction of sp³-hybridized carbons (Fsp3) is 0.238. The molecule has 0 saturated carbocycles. The molecule has 8 aromatic carbocycles. The van der Waals surface area contributed by atoms with Crippen molar-refractivity contribution in [3.05, 3.63) is 186 Å². The molecular formula is C63H59BN2S. The zero-order valence-corrected chi connectivity index (χ0v) is 41.7. The minimum Gasteiger partial charge on any atom is -0.376 e. The van der Waals surface area contributed by atoms with Gasteiger partial charge < -0.3 is 9.71 Å². The SMILES string of the molecule is CC(C)(C)c1ccc(N2B3c4c(cc5c(c4-c4cc(C(C)(C)C)ccc42)C(C)(C)c2ccccc2-5)N(c2ccc(C(C)(C)C)cc2-c2ccccc2)c2ccc4c(sc5ccccc54)c23)cc1. The molecule has 0 bridgehead atoms. The summed E-state index contributed by atoms with van der Waals surface area (Å²) in [6.45, 7) is 25.8. The van der Waals surface area contributed by atoms with Crippen LogP contribution in [0.2, 0.25) is 0 Å². The molecular weight excluding hydrogens is 828 g/mol. The highest BCUT2D eigenvalue weighted by Gasteiger charge is 2.51. The van der Waals surface area contributed by atoms with E-state index in [-0.39, 0.29) is 28.5 Å². The zero-order valence-electron chi connectivity index (χ0n) is 40.9. The molecule has 3 heterocycles. The first-order valence-corrected chi connectivity index (χ1v) is 25.0. The van der Waals surface area contributed by atoms with Gasteiger partial charge in [0.1, 0.15) is 0 Å². The van der Waals surface area contributed by atoms with Gasteiger partial charge in [0.25, 0.3) is 0 Å². The first-order chi connectivity index (χ1) is 31.9. The van der Waals surface area contributed by atoms with Gasteiger partial charge in [0, 0.05) is 59.5 Å². The number of hydrogen-bond acceptors (Lipinski definition) is 3. The molecule has 0 spiro atoms. The van der Waals surface area contributed by atoms with Gasteiger partial charge in [-0.15, -0.1) is 11.3 Å². The van der Waals surface area contributed by atoms with Gasteiger partial charge in [0.2, 0.25) is 0 Å². The molecule has 0 fully saturated rings. The second-order valence-electron chi connectivity index (χ2n) is 23.0. The highest BCUT2D eigenvalue weighted by Crippen LogP contribution is 2.59. The third-order valence-electron chi connectivity index (χ3n) is 15.3. The lowest BCUT2D eigenvalue weighted by molar-refractivity contribution is 0.590. The summed E-state index contributed by atoms with van der Waals surface area (Å²) in [4.78, 5) is 5.40. The summed E-state index contributed by atoms with van der Waals surface area (Å²) in [6.07, 6.45) is 0. The van der Waals surface area contributed by atoms with Crippen LogP contribution in [0.1, 0.15) is 104 Å². The third-order valence-corrected chi connectivity index (χ3v) is 16.5. The summed E-state index contributed by atoms with van der Waals surface area (Å²) in [5.41, 5.74) is 23.3. The first-order valence-electron chi connectivity index (χ1n) is 24.2. The third kappa shape index (κ3) is 6.21. The standard InChI is InChI=1S/C63H59BN2S/c1-60(2,3)39-25-29-42(30-26-39)66-51-33-28-41(62(7,8)9)36-48(51)55-56-47(43-21-15-17-23-49(43)63(56,10)11)37-53-57(55)64(66)58-52(34-31-45-44-22-16-18-24-54(44)67-59(45)58)65(53)50-32-27-40(61(4,5)6)35-46(50)38-19-13-12-14-20-38/h12-37H,1-11H3. The van der Waals surface area contributed by atoms with E-state index in [4.69, 9.17) is 0 Å². The number of benzene rings is 8. The summed E-state index contributed by atoms with van der Waals surface area (Å²) in [6, 6.07) is 61.0. The Balaban J connectivity index is 1.29. The predicted molar refractivity (Wildman–Crippen MR) is 292 cm³/mol. The van der Waals surface area contributed by atoms with Crippen LogP contribution in [0.4, 0.5) is 28.4 Å². The molecule has 1 aliphatic carbocycles. The van der Waals surface area contributed by atoms with Crippen LogP contribution >= 0.6 is 11.3 Å². The van der Waals surface area contributed by atoms with Gasteiger partial charge in [-0.05, 0) is 132 Å². The molecule has 12 rings (SSSR count). The lowest BCUT2D eigenvalue weighted by Gasteiger charge is -2.47. The van der Waals surface area contributed by atoms with Crippen LogP contribution in [-0.4, -0.2) is 6.85 Å². The van der Waals surface area contributed by atoms with E-state index in [9.17, 15) is 0 Å². The van der Waals surface area contributed by atoms with E-state index in [1.165, 1.54) is 121 Å². The summed E-state index contributed by atoms with van der Waals surface area (Å²) in [7, 11) is 0. The predicted octanol–water partition coefficient (Wildman–Crippen LogP) is 16.6. The van der Waals surface area contributed by atoms with Crippen molar-refractivity contribution in [1.29, 1.82) is 0 Å². The Morgan fingerprint density at radius 1 is 0.463 bits per heavy atom. The molecule has 2 aliphatic heterocycles. The molecule has 0 unspecified atom stereocenters. The maximum absolute atomic E-state index is 2.72. The van der Waals surface area contributed by atoms with Crippen molar-refractivity contribution < 1.29 is 0 Å². The van der Waals surface area contributed by atoms with Crippen LogP contribution in [0.5, 0.6) is 0 Å². The molecule has 67 heavy (non-hydrogen) atoms. The average Bonchev–Trinajstić information content (AvgIpc) is 3.79. The van der Waals surface area contributed by atoms with Crippen LogP contribution in [0.15, 0.2) is 158 Å². The van der Waals surface area contributed by atoms with Crippen molar-refractivity contribution in [3.8, 4) is 33.4 Å². The lowest BCUT2D eigenvalue weighted by atomic mass is 9.42. The maximum atomic E-state index is 2.72. The highest BCUT2D eigenvalue weighted by atomic mass is 32.1. The van der Waals surface area contributed by atoms with Crippen molar-refractivity contribution in [2.24, 2.45) is 0 Å². The molecule has 0 amide bonds. The number of thiophene rings is 1. The Kier molecular flexibility index (Phi) is 8.99. The molecule has 0 N–H and O–H groups in total. The quantitative estimate of drug-likeness (QED) is 0.163. The second kappa shape index (κ2) is 14.3. The van der Waals surface area contributed by atoms with Crippen molar-refractivity contribution in [3.63, 3.8) is 0 Å². The Hall–Kier alpha value is -6.36. The molecule has 3 aliphatic rings. The van der Waals surface area contributed by atoms with E-state index >= 15 is 0 Å². The Labute approximate surface area is 402 Å². The van der Waals surface area contributed by atoms with Crippen molar-refractivity contribution in [2.45, 2.75) is 97.8 Å². The molecule has 330 valence electrons. The molecule has 9 aromatic rings. The monoisotopic (exact) mass is 886 g/mol. The molecule has 0 saturated heterocycles. The second-order valence-corrected chi connectivity index (χ2v) is 24.0. The highest BCUT2D eigenvalue weighted by molar-refractivity contribution is 7.27. The number of fused-ring (bicyclic) bond motifs is 12. The molecule has 1 aromatic heterocycles. The van der Waals surface area contributed by atoms with Crippen molar-refractivity contribution in [2.75, 3.05) is 9.71 Å². The maximum Gasteiger partial charge on any atom is 0.334 e. The van der Waals surface area contributed by atoms with Gasteiger partial charge in [0.05, 0.1) is 5.69 Å². The van der Waals surface area contributed by atoms with E-state index in [2.05, 4.69) is 244 Å². The van der Waals surface area contributed by atoms with Gasteiger partial charge >= 0.3 is 6.85 Å². The van der Waals surface area contributed by atoms with Crippen LogP contribution in [-0.2, 0) is 21.7 Å². The Bertz CT molecular complexity index is 3500. The Morgan fingerprint density at radius 3 is 1.76 bits per heavy atom. The largest absolute Gasteiger partial charge is 0.376 e. The van der Waals surface area contributed by atoms with Gasteiger partial charge in [-0.2, -0.15) is 0 Å². The fourth-order valence-corrected chi connectivity index (χ4v) is 13.0. The van der Waals surface area contributed by atoms with Crippen molar-refractivity contribution >= 4 is 77.7 Å². The van der Waals surface area contributed by atoms with Gasteiger partial charge in [0.15, 0.2) is 0 Å². The summed E-state index contributed by atoms with van der Waals surface area (Å²) < 4.78 is 2.67. The normalized spacial score (nSPS) is 14.8. The molecule has 0 atom stereocenters. The topological polar surface area (TPSA) is 6.48 Å². The summed E-state index contributed by atoms with van der Waals surface area (Å²) in [5.74, 6) is 0. The minimum atomic E-state index is -0.245. The van der Waals surface area contributed by atoms with E-state index in [0.717, 1.165) is 0 Å². The molecule has 2 nitrogen and oxygen atoms in total. The average molecular weight is 887 g/mol. The molecule has 4 heteroatoms. The van der Waals surface area contributed by atoms with Crippen LogP contribution in [0, 0.1) is 0 Å². The Morgan fingerprint density at radius 2 is 1.06 bits per heavy atom. The number of rotatable bonds is 3. The summed E-state index contributed by atoms with van der Waals surface area (Å²) in [5, 5.41) is 2.64. The minimum absolute atomic E-state index is 0.0288. The smallest absolute Gasteiger partial charge is 0.334 e. The number of anilines is 5. The summed E-state index contributed by atoms with van der Waals surface area (Å²) >= 11 is 1.96. The van der Waals surface area contributed by atoms with Crippen LogP contribution < -0.4 is 20.6 Å². The van der Waals surface area contributed by atoms with E-state index < -0.39 is 0 Å².